The van der Waals surface area contributed by atoms with E-state index in [0.717, 1.165) is 39.1 Å². The number of nitrogens with zero attached hydrogens (tertiary/aromatic N) is 2. The second-order valence-corrected chi connectivity index (χ2v) is 7.12. The van der Waals surface area contributed by atoms with E-state index in [9.17, 15) is 0 Å². The van der Waals surface area contributed by atoms with Crippen LogP contribution in [-0.2, 0) is 17.6 Å². The lowest BCUT2D eigenvalue weighted by Crippen LogP contribution is -2.24. The lowest BCUT2D eigenvalue weighted by atomic mass is 10.0. The molecule has 1 fully saturated rings. The van der Waals surface area contributed by atoms with Gasteiger partial charge in [0.25, 0.3) is 0 Å². The Morgan fingerprint density at radius 2 is 1.92 bits per heavy atom. The van der Waals surface area contributed by atoms with Crippen molar-refractivity contribution in [1.29, 1.82) is 0 Å². The van der Waals surface area contributed by atoms with E-state index in [-0.39, 0.29) is 0 Å². The molecule has 0 saturated carbocycles. The van der Waals surface area contributed by atoms with Crippen LogP contribution < -0.4 is 0 Å². The molecule has 3 rings (SSSR count). The van der Waals surface area contributed by atoms with Gasteiger partial charge < -0.3 is 19.5 Å². The molecule has 4 nitrogen and oxygen atoms in total. The molecule has 1 aliphatic heterocycles. The monoisotopic (exact) mass is 329 g/mol. The molecule has 1 N–H and O–H groups in total. The molecule has 0 amide bonds. The second kappa shape index (κ2) is 8.65. The fraction of sp³-hybridized carbons (Fsp3) is 0.600. The molecule has 1 aromatic heterocycles. The minimum absolute atomic E-state index is 0.811. The molecular weight excluding hydrogens is 298 g/mol. The molecule has 0 unspecified atom stereocenters. The highest BCUT2D eigenvalue weighted by Gasteiger charge is 2.11. The van der Waals surface area contributed by atoms with Gasteiger partial charge in [-0.3, -0.25) is 0 Å². The first-order chi connectivity index (χ1) is 11.7. The molecule has 24 heavy (non-hydrogen) atoms. The van der Waals surface area contributed by atoms with E-state index in [1.807, 2.05) is 0 Å². The van der Waals surface area contributed by atoms with Crippen molar-refractivity contribution in [3.8, 4) is 0 Å². The van der Waals surface area contributed by atoms with E-state index in [1.54, 1.807) is 0 Å². The van der Waals surface area contributed by atoms with Crippen molar-refractivity contribution >= 4 is 10.9 Å². The average Bonchev–Trinajstić information content (AvgIpc) is 3.22. The molecule has 4 heteroatoms. The topological polar surface area (TPSA) is 31.5 Å². The van der Waals surface area contributed by atoms with Crippen molar-refractivity contribution in [3.05, 3.63) is 35.5 Å². The van der Waals surface area contributed by atoms with Crippen LogP contribution in [0.1, 0.15) is 24.0 Å². The predicted molar refractivity (Wildman–Crippen MR) is 101 cm³/mol. The fourth-order valence-electron chi connectivity index (χ4n) is 3.57. The smallest absolute Gasteiger partial charge is 0.0593 e. The molecule has 1 saturated heterocycles. The number of ether oxygens (including phenoxy) is 1. The van der Waals surface area contributed by atoms with Gasteiger partial charge in [-0.05, 0) is 70.1 Å². The van der Waals surface area contributed by atoms with Crippen LogP contribution in [0.5, 0.6) is 0 Å². The quantitative estimate of drug-likeness (QED) is 0.718. The number of nitrogens with one attached hydrogen (secondary N) is 1. The normalized spacial score (nSPS) is 15.8. The summed E-state index contributed by atoms with van der Waals surface area (Å²) in [4.78, 5) is 8.17. The Labute approximate surface area is 145 Å². The fourth-order valence-corrected chi connectivity index (χ4v) is 3.57. The summed E-state index contributed by atoms with van der Waals surface area (Å²) < 4.78 is 5.90. The van der Waals surface area contributed by atoms with Crippen molar-refractivity contribution in [2.24, 2.45) is 0 Å². The van der Waals surface area contributed by atoms with Gasteiger partial charge >= 0.3 is 0 Å². The van der Waals surface area contributed by atoms with Crippen LogP contribution in [0, 0.1) is 0 Å². The molecule has 1 aliphatic rings. The van der Waals surface area contributed by atoms with Gasteiger partial charge in [-0.25, -0.2) is 0 Å². The summed E-state index contributed by atoms with van der Waals surface area (Å²) in [7, 11) is 4.26. The molecule has 0 bridgehead atoms. The SMILES string of the molecule is CN(C)CCc1c[nH]c2cccc(CCOCCN3CCCC3)c12. The number of aromatic amines is 1. The van der Waals surface area contributed by atoms with Crippen LogP contribution in [0.15, 0.2) is 24.4 Å². The maximum atomic E-state index is 5.90. The number of hydrogen-bond donors (Lipinski definition) is 1. The van der Waals surface area contributed by atoms with Gasteiger partial charge in [-0.1, -0.05) is 12.1 Å². The number of benzene rings is 1. The molecular formula is C20H31N3O. The summed E-state index contributed by atoms with van der Waals surface area (Å²) in [6.45, 7) is 6.33. The minimum Gasteiger partial charge on any atom is -0.380 e. The van der Waals surface area contributed by atoms with Crippen molar-refractivity contribution in [3.63, 3.8) is 0 Å². The van der Waals surface area contributed by atoms with E-state index >= 15 is 0 Å². The Morgan fingerprint density at radius 3 is 2.71 bits per heavy atom. The zero-order chi connectivity index (χ0) is 16.8. The molecule has 2 aromatic rings. The Balaban J connectivity index is 1.54. The molecule has 0 spiro atoms. The third-order valence-electron chi connectivity index (χ3n) is 4.97. The number of likely N-dealkylation sites (N-methyl/N-ethyl adjacent to an activating group) is 1. The van der Waals surface area contributed by atoms with Crippen LogP contribution in [0.4, 0.5) is 0 Å². The summed E-state index contributed by atoms with van der Waals surface area (Å²) in [5, 5.41) is 1.41. The number of fused-ring (bicyclic) bond motifs is 1. The third-order valence-corrected chi connectivity index (χ3v) is 4.97. The van der Waals surface area contributed by atoms with Gasteiger partial charge in [-0.2, -0.15) is 0 Å². The van der Waals surface area contributed by atoms with Crippen molar-refractivity contribution < 1.29 is 4.74 Å². The van der Waals surface area contributed by atoms with Gasteiger partial charge in [-0.15, -0.1) is 0 Å². The second-order valence-electron chi connectivity index (χ2n) is 7.12. The lowest BCUT2D eigenvalue weighted by Gasteiger charge is -2.14. The summed E-state index contributed by atoms with van der Waals surface area (Å²) in [6, 6.07) is 6.57. The van der Waals surface area contributed by atoms with Gasteiger partial charge in [0.1, 0.15) is 0 Å². The highest BCUT2D eigenvalue weighted by atomic mass is 16.5. The first-order valence-corrected chi connectivity index (χ1v) is 9.27. The average molecular weight is 329 g/mol. The Kier molecular flexibility index (Phi) is 6.30. The summed E-state index contributed by atoms with van der Waals surface area (Å²) >= 11 is 0. The number of aromatic nitrogens is 1. The Bertz CT molecular complexity index is 629. The van der Waals surface area contributed by atoms with Crippen LogP contribution in [-0.4, -0.2) is 68.3 Å². The minimum atomic E-state index is 0.811. The number of hydrogen-bond acceptors (Lipinski definition) is 3. The van der Waals surface area contributed by atoms with Crippen LogP contribution in [0.3, 0.4) is 0 Å². The van der Waals surface area contributed by atoms with E-state index < -0.39 is 0 Å². The van der Waals surface area contributed by atoms with Crippen molar-refractivity contribution in [1.82, 2.24) is 14.8 Å². The van der Waals surface area contributed by atoms with Crippen LogP contribution in [0.25, 0.3) is 10.9 Å². The van der Waals surface area contributed by atoms with Gasteiger partial charge in [0, 0.05) is 30.2 Å². The maximum Gasteiger partial charge on any atom is 0.0593 e. The zero-order valence-electron chi connectivity index (χ0n) is 15.2. The molecule has 0 radical (unpaired) electrons. The number of H-pyrrole nitrogens is 1. The Hall–Kier alpha value is -1.36. The largest absolute Gasteiger partial charge is 0.380 e. The van der Waals surface area contributed by atoms with Crippen molar-refractivity contribution in [2.75, 3.05) is 53.5 Å². The summed E-state index contributed by atoms with van der Waals surface area (Å²) in [5.41, 5.74) is 4.08. The molecule has 0 atom stereocenters. The highest BCUT2D eigenvalue weighted by molar-refractivity contribution is 5.86. The van der Waals surface area contributed by atoms with E-state index in [2.05, 4.69) is 53.3 Å². The van der Waals surface area contributed by atoms with Crippen molar-refractivity contribution in [2.45, 2.75) is 25.7 Å². The zero-order valence-corrected chi connectivity index (χ0v) is 15.2. The van der Waals surface area contributed by atoms with Crippen LogP contribution in [0.2, 0.25) is 0 Å². The predicted octanol–water partition coefficient (Wildman–Crippen LogP) is 2.93. The number of rotatable bonds is 9. The third kappa shape index (κ3) is 4.59. The van der Waals surface area contributed by atoms with Gasteiger partial charge in [0.15, 0.2) is 0 Å². The molecule has 132 valence electrons. The maximum absolute atomic E-state index is 5.90. The van der Waals surface area contributed by atoms with E-state index in [4.69, 9.17) is 4.74 Å². The van der Waals surface area contributed by atoms with Crippen LogP contribution >= 0.6 is 0 Å². The molecule has 2 heterocycles. The van der Waals surface area contributed by atoms with E-state index in [0.29, 0.717) is 0 Å². The number of likely N-dealkylation sites (tertiary alicyclic amines) is 1. The molecule has 0 aliphatic carbocycles. The van der Waals surface area contributed by atoms with Gasteiger partial charge in [0.05, 0.1) is 13.2 Å². The van der Waals surface area contributed by atoms with Gasteiger partial charge in [0.2, 0.25) is 0 Å². The van der Waals surface area contributed by atoms with E-state index in [1.165, 1.54) is 48.0 Å². The highest BCUT2D eigenvalue weighted by Crippen LogP contribution is 2.23. The first-order valence-electron chi connectivity index (χ1n) is 9.27. The summed E-state index contributed by atoms with van der Waals surface area (Å²) in [5.74, 6) is 0. The standard InChI is InChI=1S/C20H31N3O/c1-22(2)12-8-18-16-21-19-7-5-6-17(20(18)19)9-14-24-15-13-23-10-3-4-11-23/h5-7,16,21H,3-4,8-15H2,1-2H3. The first kappa shape index (κ1) is 17.5. The summed E-state index contributed by atoms with van der Waals surface area (Å²) in [6.07, 6.45) is 6.95. The Morgan fingerprint density at radius 1 is 1.08 bits per heavy atom. The lowest BCUT2D eigenvalue weighted by molar-refractivity contribution is 0.114. The molecule has 1 aromatic carbocycles.